The lowest BCUT2D eigenvalue weighted by Crippen LogP contribution is -2.34. The van der Waals surface area contributed by atoms with Gasteiger partial charge in [0.15, 0.2) is 0 Å². The van der Waals surface area contributed by atoms with Crippen molar-refractivity contribution in [3.8, 4) is 0 Å². The van der Waals surface area contributed by atoms with Crippen LogP contribution in [-0.2, 0) is 9.53 Å². The SMILES string of the molecule is Cc1cc(Br)cn(C(C)C(=O)OC(C)(C)C)c1=O. The van der Waals surface area contributed by atoms with E-state index in [0.29, 0.717) is 5.56 Å². The topological polar surface area (TPSA) is 48.3 Å². The molecule has 1 atom stereocenters. The Labute approximate surface area is 115 Å². The third-order valence-electron chi connectivity index (χ3n) is 2.35. The van der Waals surface area contributed by atoms with Crippen molar-refractivity contribution in [2.75, 3.05) is 0 Å². The first-order chi connectivity index (χ1) is 8.11. The fraction of sp³-hybridized carbons (Fsp3) is 0.538. The zero-order chi connectivity index (χ0) is 14.1. The van der Waals surface area contributed by atoms with Crippen LogP contribution in [0.5, 0.6) is 0 Å². The van der Waals surface area contributed by atoms with E-state index < -0.39 is 17.6 Å². The summed E-state index contributed by atoms with van der Waals surface area (Å²) in [6.45, 7) is 8.76. The molecule has 18 heavy (non-hydrogen) atoms. The Morgan fingerprint density at radius 2 is 2.00 bits per heavy atom. The Morgan fingerprint density at radius 3 is 2.50 bits per heavy atom. The summed E-state index contributed by atoms with van der Waals surface area (Å²) >= 11 is 3.31. The van der Waals surface area contributed by atoms with E-state index in [1.54, 1.807) is 46.9 Å². The maximum atomic E-state index is 12.0. The van der Waals surface area contributed by atoms with Gasteiger partial charge in [0, 0.05) is 16.2 Å². The molecule has 5 heteroatoms. The zero-order valence-corrected chi connectivity index (χ0v) is 12.9. The van der Waals surface area contributed by atoms with Crippen molar-refractivity contribution in [2.45, 2.75) is 46.3 Å². The van der Waals surface area contributed by atoms with Crippen LogP contribution in [0.2, 0.25) is 0 Å². The second-order valence-electron chi connectivity index (χ2n) is 5.26. The quantitative estimate of drug-likeness (QED) is 0.788. The minimum atomic E-state index is -0.645. The van der Waals surface area contributed by atoms with Gasteiger partial charge in [0.1, 0.15) is 11.6 Å². The molecular formula is C13H18BrNO3. The molecule has 0 bridgehead atoms. The highest BCUT2D eigenvalue weighted by atomic mass is 79.9. The van der Waals surface area contributed by atoms with Crippen LogP contribution in [0.4, 0.5) is 0 Å². The van der Waals surface area contributed by atoms with Crippen molar-refractivity contribution >= 4 is 21.9 Å². The number of carbonyl (C=O) groups is 1. The van der Waals surface area contributed by atoms with Crippen molar-refractivity contribution in [1.82, 2.24) is 4.57 Å². The number of halogens is 1. The molecule has 0 radical (unpaired) electrons. The van der Waals surface area contributed by atoms with Gasteiger partial charge >= 0.3 is 5.97 Å². The number of nitrogens with zero attached hydrogens (tertiary/aromatic N) is 1. The van der Waals surface area contributed by atoms with Crippen LogP contribution >= 0.6 is 15.9 Å². The average Bonchev–Trinajstić information content (AvgIpc) is 2.19. The summed E-state index contributed by atoms with van der Waals surface area (Å²) in [4.78, 5) is 23.9. The minimum absolute atomic E-state index is 0.184. The number of ether oxygens (including phenoxy) is 1. The Bertz CT molecular complexity index is 514. The zero-order valence-electron chi connectivity index (χ0n) is 11.3. The number of rotatable bonds is 2. The Hall–Kier alpha value is -1.10. The fourth-order valence-corrected chi connectivity index (χ4v) is 2.05. The van der Waals surface area contributed by atoms with E-state index in [1.165, 1.54) is 4.57 Å². The predicted molar refractivity (Wildman–Crippen MR) is 73.7 cm³/mol. The molecule has 4 nitrogen and oxygen atoms in total. The maximum absolute atomic E-state index is 12.0. The van der Waals surface area contributed by atoms with E-state index in [2.05, 4.69) is 15.9 Å². The van der Waals surface area contributed by atoms with E-state index in [1.807, 2.05) is 0 Å². The highest BCUT2D eigenvalue weighted by molar-refractivity contribution is 9.10. The molecule has 0 saturated carbocycles. The summed E-state index contributed by atoms with van der Waals surface area (Å²) in [5.41, 5.74) is -0.160. The van der Waals surface area contributed by atoms with Crippen LogP contribution < -0.4 is 5.56 Å². The van der Waals surface area contributed by atoms with Gasteiger partial charge in [-0.05, 0) is 56.6 Å². The number of aryl methyl sites for hydroxylation is 1. The molecule has 1 heterocycles. The molecule has 1 aromatic rings. The smallest absolute Gasteiger partial charge is 0.329 e. The molecule has 1 unspecified atom stereocenters. The van der Waals surface area contributed by atoms with Gasteiger partial charge < -0.3 is 9.30 Å². The predicted octanol–water partition coefficient (Wildman–Crippen LogP) is 2.82. The van der Waals surface area contributed by atoms with Crippen molar-refractivity contribution in [3.05, 3.63) is 32.7 Å². The molecule has 0 amide bonds. The largest absolute Gasteiger partial charge is 0.458 e. The van der Waals surface area contributed by atoms with E-state index in [4.69, 9.17) is 4.74 Å². The van der Waals surface area contributed by atoms with Crippen molar-refractivity contribution in [2.24, 2.45) is 0 Å². The second kappa shape index (κ2) is 5.26. The van der Waals surface area contributed by atoms with Gasteiger partial charge in [-0.1, -0.05) is 0 Å². The van der Waals surface area contributed by atoms with E-state index in [0.717, 1.165) is 4.47 Å². The number of hydrogen-bond donors (Lipinski definition) is 0. The van der Waals surface area contributed by atoms with Crippen LogP contribution in [0.15, 0.2) is 21.5 Å². The number of aromatic nitrogens is 1. The Kier molecular flexibility index (Phi) is 4.37. The van der Waals surface area contributed by atoms with Crippen molar-refractivity contribution in [1.29, 1.82) is 0 Å². The number of hydrogen-bond acceptors (Lipinski definition) is 3. The van der Waals surface area contributed by atoms with Crippen molar-refractivity contribution in [3.63, 3.8) is 0 Å². The van der Waals surface area contributed by atoms with Gasteiger partial charge in [-0.25, -0.2) is 4.79 Å². The Morgan fingerprint density at radius 1 is 1.44 bits per heavy atom. The molecule has 1 aromatic heterocycles. The van der Waals surface area contributed by atoms with Crippen molar-refractivity contribution < 1.29 is 9.53 Å². The van der Waals surface area contributed by atoms with Gasteiger partial charge in [0.2, 0.25) is 0 Å². The lowest BCUT2D eigenvalue weighted by Gasteiger charge is -2.23. The average molecular weight is 316 g/mol. The summed E-state index contributed by atoms with van der Waals surface area (Å²) in [6.07, 6.45) is 1.60. The number of carbonyl (C=O) groups excluding carboxylic acids is 1. The molecule has 0 spiro atoms. The normalized spacial score (nSPS) is 13.2. The van der Waals surface area contributed by atoms with Gasteiger partial charge in [-0.2, -0.15) is 0 Å². The summed E-state index contributed by atoms with van der Waals surface area (Å²) in [5.74, 6) is -0.415. The molecular weight excluding hydrogens is 298 g/mol. The van der Waals surface area contributed by atoms with E-state index in [9.17, 15) is 9.59 Å². The first kappa shape index (κ1) is 15.0. The van der Waals surface area contributed by atoms with Crippen LogP contribution in [0, 0.1) is 6.92 Å². The molecule has 0 aromatic carbocycles. The van der Waals surface area contributed by atoms with Gasteiger partial charge in [-0.3, -0.25) is 4.79 Å². The first-order valence-electron chi connectivity index (χ1n) is 5.73. The van der Waals surface area contributed by atoms with E-state index >= 15 is 0 Å². The molecule has 0 saturated heterocycles. The summed E-state index contributed by atoms with van der Waals surface area (Å²) in [5, 5.41) is 0. The molecule has 0 aliphatic rings. The maximum Gasteiger partial charge on any atom is 0.329 e. The van der Waals surface area contributed by atoms with Crippen LogP contribution in [0.25, 0.3) is 0 Å². The van der Waals surface area contributed by atoms with Crippen LogP contribution in [-0.4, -0.2) is 16.1 Å². The van der Waals surface area contributed by atoms with Gasteiger partial charge in [-0.15, -0.1) is 0 Å². The summed E-state index contributed by atoms with van der Waals surface area (Å²) < 4.78 is 7.42. The minimum Gasteiger partial charge on any atom is -0.458 e. The van der Waals surface area contributed by atoms with Gasteiger partial charge in [0.25, 0.3) is 5.56 Å². The molecule has 0 fully saturated rings. The van der Waals surface area contributed by atoms with Crippen LogP contribution in [0.1, 0.15) is 39.3 Å². The number of esters is 1. The van der Waals surface area contributed by atoms with Crippen LogP contribution in [0.3, 0.4) is 0 Å². The summed E-state index contributed by atoms with van der Waals surface area (Å²) in [7, 11) is 0. The van der Waals surface area contributed by atoms with Gasteiger partial charge in [0.05, 0.1) is 0 Å². The lowest BCUT2D eigenvalue weighted by molar-refractivity contribution is -0.158. The Balaban J connectivity index is 3.08. The fourth-order valence-electron chi connectivity index (χ4n) is 1.49. The third kappa shape index (κ3) is 3.70. The lowest BCUT2D eigenvalue weighted by atomic mass is 10.2. The second-order valence-corrected chi connectivity index (χ2v) is 6.18. The molecule has 0 N–H and O–H groups in total. The molecule has 1 rings (SSSR count). The highest BCUT2D eigenvalue weighted by Crippen LogP contribution is 2.16. The monoisotopic (exact) mass is 315 g/mol. The standard InChI is InChI=1S/C13H18BrNO3/c1-8-6-10(14)7-15(11(8)16)9(2)12(17)18-13(3,4)5/h6-7,9H,1-5H3. The number of pyridine rings is 1. The molecule has 100 valence electrons. The summed E-state index contributed by atoms with van der Waals surface area (Å²) in [6, 6.07) is 1.08. The highest BCUT2D eigenvalue weighted by Gasteiger charge is 2.23. The third-order valence-corrected chi connectivity index (χ3v) is 2.79. The molecule has 0 aliphatic heterocycles. The molecule has 0 aliphatic carbocycles. The van der Waals surface area contributed by atoms with E-state index in [-0.39, 0.29) is 5.56 Å². The first-order valence-corrected chi connectivity index (χ1v) is 6.52.